The van der Waals surface area contributed by atoms with Crippen molar-refractivity contribution in [1.82, 2.24) is 4.90 Å². The van der Waals surface area contributed by atoms with Crippen molar-refractivity contribution < 1.29 is 14.3 Å². The first-order chi connectivity index (χ1) is 18.8. The van der Waals surface area contributed by atoms with Crippen molar-refractivity contribution in [3.05, 3.63) is 83.1 Å². The summed E-state index contributed by atoms with van der Waals surface area (Å²) >= 11 is 0. The van der Waals surface area contributed by atoms with Gasteiger partial charge in [-0.3, -0.25) is 4.79 Å². The summed E-state index contributed by atoms with van der Waals surface area (Å²) in [7, 11) is 0. The van der Waals surface area contributed by atoms with E-state index in [1.165, 1.54) is 22.0 Å². The number of unbranched alkanes of at least 4 members (excludes halogenated alkanes) is 1. The lowest BCUT2D eigenvalue weighted by Crippen LogP contribution is -2.31. The number of para-hydroxylation sites is 1. The number of likely N-dealkylation sites (N-methyl/N-ethyl adjacent to an activating group) is 1. The zero-order valence-corrected chi connectivity index (χ0v) is 24.0. The van der Waals surface area contributed by atoms with Crippen LogP contribution in [0.15, 0.2) is 77.1 Å². The zero-order valence-electron chi connectivity index (χ0n) is 24.0. The third-order valence-electron chi connectivity index (χ3n) is 7.49. The van der Waals surface area contributed by atoms with Crippen LogP contribution in [0.3, 0.4) is 0 Å². The minimum Gasteiger partial charge on any atom is -0.462 e. The highest BCUT2D eigenvalue weighted by Crippen LogP contribution is 2.47. The number of ether oxygens (including phenoxy) is 1. The highest BCUT2D eigenvalue weighted by atomic mass is 16.5. The lowest BCUT2D eigenvalue weighted by Gasteiger charge is -2.27. The quantitative estimate of drug-likeness (QED) is 0.283. The molecule has 206 valence electrons. The number of fused-ring (bicyclic) bond motifs is 1. The second-order valence-electron chi connectivity index (χ2n) is 10.3. The average Bonchev–Trinajstić information content (AvgIpc) is 3.37. The molecule has 0 atom stereocenters. The highest BCUT2D eigenvalue weighted by Gasteiger charge is 2.40. The number of amidine groups is 1. The molecule has 0 spiro atoms. The van der Waals surface area contributed by atoms with Crippen molar-refractivity contribution in [2.24, 2.45) is 5.10 Å². The van der Waals surface area contributed by atoms with Crippen LogP contribution in [0, 0.1) is 0 Å². The van der Waals surface area contributed by atoms with Crippen molar-refractivity contribution in [2.45, 2.75) is 59.8 Å². The molecule has 7 nitrogen and oxygen atoms in total. The van der Waals surface area contributed by atoms with Crippen LogP contribution >= 0.6 is 0 Å². The SMILES string of the molecule is CCCCN1/C(=C/C=C2\C(=O)N(c3ccc(C(=O)OCC)cc3)N=C2N(CC)CC)C(C)(C)c2ccccc21. The largest absolute Gasteiger partial charge is 0.462 e. The number of nitrogens with zero attached hydrogens (tertiary/aromatic N) is 4. The minimum atomic E-state index is -0.385. The maximum atomic E-state index is 13.8. The molecule has 0 aromatic heterocycles. The molecular weight excluding hydrogens is 488 g/mol. The lowest BCUT2D eigenvalue weighted by atomic mass is 9.83. The number of hydrogen-bond acceptors (Lipinski definition) is 6. The van der Waals surface area contributed by atoms with E-state index in [4.69, 9.17) is 9.84 Å². The fraction of sp³-hybridized carbons (Fsp3) is 0.406. The van der Waals surface area contributed by atoms with Crippen LogP contribution in [-0.2, 0) is 14.9 Å². The van der Waals surface area contributed by atoms with Gasteiger partial charge in [0.25, 0.3) is 5.91 Å². The number of hydrazone groups is 1. The highest BCUT2D eigenvalue weighted by molar-refractivity contribution is 6.29. The second kappa shape index (κ2) is 11.9. The average molecular weight is 529 g/mol. The summed E-state index contributed by atoms with van der Waals surface area (Å²) in [4.78, 5) is 30.4. The van der Waals surface area contributed by atoms with Gasteiger partial charge < -0.3 is 14.5 Å². The Hall–Kier alpha value is -3.87. The smallest absolute Gasteiger partial charge is 0.338 e. The molecule has 0 saturated carbocycles. The summed E-state index contributed by atoms with van der Waals surface area (Å²) in [6.07, 6.45) is 6.23. The Morgan fingerprint density at radius 2 is 1.69 bits per heavy atom. The molecule has 0 fully saturated rings. The third kappa shape index (κ3) is 5.35. The van der Waals surface area contributed by atoms with E-state index in [9.17, 15) is 9.59 Å². The van der Waals surface area contributed by atoms with Crippen molar-refractivity contribution in [1.29, 1.82) is 0 Å². The molecule has 39 heavy (non-hydrogen) atoms. The first-order valence-corrected chi connectivity index (χ1v) is 14.0. The van der Waals surface area contributed by atoms with Gasteiger partial charge in [-0.1, -0.05) is 45.4 Å². The Morgan fingerprint density at radius 3 is 2.33 bits per heavy atom. The molecule has 0 saturated heterocycles. The van der Waals surface area contributed by atoms with Gasteiger partial charge in [0.05, 0.1) is 23.4 Å². The first kappa shape index (κ1) is 28.1. The van der Waals surface area contributed by atoms with E-state index < -0.39 is 0 Å². The fourth-order valence-electron chi connectivity index (χ4n) is 5.29. The fourth-order valence-corrected chi connectivity index (χ4v) is 5.29. The Balaban J connectivity index is 1.73. The maximum absolute atomic E-state index is 13.8. The van der Waals surface area contributed by atoms with Gasteiger partial charge in [-0.25, -0.2) is 4.79 Å². The predicted octanol–water partition coefficient (Wildman–Crippen LogP) is 6.27. The van der Waals surface area contributed by atoms with E-state index >= 15 is 0 Å². The lowest BCUT2D eigenvalue weighted by molar-refractivity contribution is -0.114. The number of esters is 1. The Bertz CT molecular complexity index is 1300. The van der Waals surface area contributed by atoms with Crippen LogP contribution < -0.4 is 9.91 Å². The predicted molar refractivity (Wildman–Crippen MR) is 158 cm³/mol. The third-order valence-corrected chi connectivity index (χ3v) is 7.49. The van der Waals surface area contributed by atoms with Gasteiger partial charge in [0.1, 0.15) is 0 Å². The summed E-state index contributed by atoms with van der Waals surface area (Å²) in [6.45, 7) is 15.3. The van der Waals surface area contributed by atoms with Crippen molar-refractivity contribution >= 4 is 29.1 Å². The summed E-state index contributed by atoms with van der Waals surface area (Å²) in [6, 6.07) is 15.4. The molecule has 0 aliphatic carbocycles. The molecular formula is C32H40N4O3. The molecule has 4 rings (SSSR count). The van der Waals surface area contributed by atoms with E-state index in [1.807, 2.05) is 6.08 Å². The first-order valence-electron chi connectivity index (χ1n) is 14.0. The number of hydrogen-bond donors (Lipinski definition) is 0. The van der Waals surface area contributed by atoms with Gasteiger partial charge >= 0.3 is 5.97 Å². The number of rotatable bonds is 9. The molecule has 1 amide bonds. The van der Waals surface area contributed by atoms with Crippen LogP contribution in [-0.4, -0.2) is 48.9 Å². The Kier molecular flexibility index (Phi) is 8.58. The Labute approximate surface area is 232 Å². The number of anilines is 2. The van der Waals surface area contributed by atoms with Gasteiger partial charge in [-0.2, -0.15) is 5.01 Å². The molecule has 7 heteroatoms. The van der Waals surface area contributed by atoms with Crippen molar-refractivity contribution in [2.75, 3.05) is 36.1 Å². The molecule has 0 bridgehead atoms. The number of carbonyl (C=O) groups excluding carboxylic acids is 2. The van der Waals surface area contributed by atoms with E-state index in [0.717, 1.165) is 32.5 Å². The van der Waals surface area contributed by atoms with E-state index in [2.05, 4.69) is 74.8 Å². The molecule has 2 aliphatic rings. The van der Waals surface area contributed by atoms with E-state index in [1.54, 1.807) is 31.2 Å². The zero-order chi connectivity index (χ0) is 28.2. The minimum absolute atomic E-state index is 0.189. The van der Waals surface area contributed by atoms with Crippen LogP contribution in [0.25, 0.3) is 0 Å². The molecule has 0 radical (unpaired) electrons. The molecule has 2 aromatic carbocycles. The normalized spacial score (nSPS) is 18.1. The van der Waals surface area contributed by atoms with Crippen molar-refractivity contribution in [3.63, 3.8) is 0 Å². The molecule has 2 aliphatic heterocycles. The maximum Gasteiger partial charge on any atom is 0.338 e. The monoisotopic (exact) mass is 528 g/mol. The number of benzene rings is 2. The van der Waals surface area contributed by atoms with Gasteiger partial charge in [-0.15, -0.1) is 5.10 Å². The van der Waals surface area contributed by atoms with E-state index in [-0.39, 0.29) is 17.3 Å². The second-order valence-corrected chi connectivity index (χ2v) is 10.3. The standard InChI is InChI=1S/C32H40N4O3/c1-7-11-22-35-27-15-13-12-14-26(27)32(5,6)28(35)21-20-25-29(34(8-2)9-3)33-36(30(25)37)24-18-16-23(17-19-24)31(38)39-10-4/h12-21H,7-11,22H2,1-6H3/b25-20-,28-21+. The van der Waals surface area contributed by atoms with Crippen LogP contribution in [0.4, 0.5) is 11.4 Å². The van der Waals surface area contributed by atoms with Gasteiger partial charge in [0.2, 0.25) is 0 Å². The summed E-state index contributed by atoms with van der Waals surface area (Å²) in [5.41, 5.74) is 5.11. The van der Waals surface area contributed by atoms with Crippen LogP contribution in [0.2, 0.25) is 0 Å². The van der Waals surface area contributed by atoms with Crippen LogP contribution in [0.1, 0.15) is 70.3 Å². The number of amides is 1. The van der Waals surface area contributed by atoms with Gasteiger partial charge in [-0.05, 0) is 75.2 Å². The number of carbonyl (C=O) groups is 2. The molecule has 2 heterocycles. The summed E-state index contributed by atoms with van der Waals surface area (Å²) in [5, 5.41) is 6.19. The van der Waals surface area contributed by atoms with E-state index in [0.29, 0.717) is 29.3 Å². The molecule has 2 aromatic rings. The molecule has 0 N–H and O–H groups in total. The van der Waals surface area contributed by atoms with Gasteiger partial charge in [0.15, 0.2) is 5.84 Å². The number of allylic oxidation sites excluding steroid dienone is 3. The topological polar surface area (TPSA) is 65.5 Å². The Morgan fingerprint density at radius 1 is 1.00 bits per heavy atom. The van der Waals surface area contributed by atoms with Crippen molar-refractivity contribution in [3.8, 4) is 0 Å². The molecule has 0 unspecified atom stereocenters. The summed E-state index contributed by atoms with van der Waals surface area (Å²) in [5.74, 6) is 0.0833. The summed E-state index contributed by atoms with van der Waals surface area (Å²) < 4.78 is 5.09. The van der Waals surface area contributed by atoms with Gasteiger partial charge in [0, 0.05) is 36.4 Å². The van der Waals surface area contributed by atoms with Crippen LogP contribution in [0.5, 0.6) is 0 Å².